The number of carbonyl (C=O) groups is 3. The van der Waals surface area contributed by atoms with E-state index in [1.807, 2.05) is 42.7 Å². The first kappa shape index (κ1) is 39.9. The summed E-state index contributed by atoms with van der Waals surface area (Å²) in [6, 6.07) is 18.4. The Bertz CT molecular complexity index is 2000. The molecule has 2 saturated heterocycles. The number of imidazole rings is 2. The van der Waals surface area contributed by atoms with Gasteiger partial charge in [-0.25, -0.2) is 14.8 Å². The monoisotopic (exact) mass is 767 g/mol. The van der Waals surface area contributed by atoms with Gasteiger partial charge < -0.3 is 29.8 Å². The molecule has 2 aromatic carbocycles. The number of hydrogen-bond donors (Lipinski definition) is 3. The van der Waals surface area contributed by atoms with E-state index in [2.05, 4.69) is 74.1 Å². The molecule has 284 valence electrons. The summed E-state index contributed by atoms with van der Waals surface area (Å²) in [4.78, 5) is 51.4. The second-order valence-corrected chi connectivity index (χ2v) is 14.7. The lowest BCUT2D eigenvalue weighted by Gasteiger charge is -2.14. The number of hydrogen-bond acceptors (Lipinski definition) is 8. The lowest BCUT2D eigenvalue weighted by Crippen LogP contribution is -2.37. The van der Waals surface area contributed by atoms with Gasteiger partial charge in [-0.15, -0.1) is 22.7 Å². The Kier molecular flexibility index (Phi) is 15.4. The Morgan fingerprint density at radius 1 is 0.741 bits per heavy atom. The number of amides is 3. The first-order valence-corrected chi connectivity index (χ1v) is 20.2. The minimum absolute atomic E-state index is 0.0303. The van der Waals surface area contributed by atoms with Gasteiger partial charge >= 0.3 is 6.09 Å². The molecular formula is C41H49N7O4S2. The van der Waals surface area contributed by atoms with Gasteiger partial charge in [0.1, 0.15) is 6.61 Å². The molecule has 0 radical (unpaired) electrons. The molecule has 0 spiro atoms. The molecule has 0 saturated carbocycles. The van der Waals surface area contributed by atoms with E-state index >= 15 is 0 Å². The van der Waals surface area contributed by atoms with Crippen LogP contribution in [0.2, 0.25) is 0 Å². The van der Waals surface area contributed by atoms with Crippen molar-refractivity contribution in [3.8, 4) is 33.6 Å². The summed E-state index contributed by atoms with van der Waals surface area (Å²) in [6.45, 7) is 9.56. The molecule has 6 aromatic rings. The average Bonchev–Trinajstić information content (AvgIpc) is 4.05. The highest BCUT2D eigenvalue weighted by atomic mass is 32.1. The van der Waals surface area contributed by atoms with E-state index < -0.39 is 0 Å². The fourth-order valence-corrected chi connectivity index (χ4v) is 8.28. The van der Waals surface area contributed by atoms with E-state index in [0.29, 0.717) is 6.61 Å². The highest BCUT2D eigenvalue weighted by molar-refractivity contribution is 7.27. The Hall–Kier alpha value is -5.27. The van der Waals surface area contributed by atoms with E-state index in [4.69, 9.17) is 4.74 Å². The van der Waals surface area contributed by atoms with Crippen LogP contribution in [0.5, 0.6) is 0 Å². The van der Waals surface area contributed by atoms with Crippen LogP contribution in [0.1, 0.15) is 58.4 Å². The number of nitrogens with one attached hydrogen (secondary N) is 3. The van der Waals surface area contributed by atoms with Gasteiger partial charge in [-0.1, -0.05) is 74.9 Å². The van der Waals surface area contributed by atoms with Crippen molar-refractivity contribution in [2.45, 2.75) is 59.5 Å². The van der Waals surface area contributed by atoms with Crippen LogP contribution in [0.3, 0.4) is 0 Å². The third kappa shape index (κ3) is 11.4. The number of thiophene rings is 2. The van der Waals surface area contributed by atoms with Gasteiger partial charge in [-0.3, -0.25) is 9.59 Å². The maximum atomic E-state index is 11.5. The molecule has 2 aliphatic heterocycles. The third-order valence-electron chi connectivity index (χ3n) is 8.59. The van der Waals surface area contributed by atoms with E-state index in [1.165, 1.54) is 39.4 Å². The standard InChI is InChI=1S/C18H12N4S2.C12H15NO2.C8H14N2O2.C3H8/c1-3-12(15-5-19-9-21-15)4-2-11(1)13-7-23-18-14(8-24-17(13)18)16-6-20-10-22-16;14-12(13-8-4-5-9-13)15-10-11-6-2-1-3-7-11;1-7(11)9-6-8(12)10-4-2-3-5-10;1-3-2/h1-10H,(H,19,21)(H,20,22);1-3,6-7H,4-5,8-10H2;2-6H2,1H3,(H,9,11);3H2,1-2H3. The summed E-state index contributed by atoms with van der Waals surface area (Å²) in [6.07, 6.45) is 12.6. The van der Waals surface area contributed by atoms with Gasteiger partial charge in [0, 0.05) is 55.0 Å². The number of H-pyrrole nitrogens is 2. The lowest BCUT2D eigenvalue weighted by atomic mass is 10.1. The highest BCUT2D eigenvalue weighted by Crippen LogP contribution is 2.43. The van der Waals surface area contributed by atoms with Crippen LogP contribution < -0.4 is 5.32 Å². The fourth-order valence-electron chi connectivity index (χ4n) is 5.84. The zero-order valence-corrected chi connectivity index (χ0v) is 32.8. The molecule has 54 heavy (non-hydrogen) atoms. The zero-order chi connectivity index (χ0) is 38.1. The van der Waals surface area contributed by atoms with Gasteiger partial charge in [0.05, 0.1) is 52.4 Å². The Morgan fingerprint density at radius 3 is 1.85 bits per heavy atom. The zero-order valence-electron chi connectivity index (χ0n) is 31.2. The quantitative estimate of drug-likeness (QED) is 0.148. The second-order valence-electron chi connectivity index (χ2n) is 12.9. The number of carbonyl (C=O) groups excluding carboxylic acids is 3. The Balaban J connectivity index is 0.000000161. The van der Waals surface area contributed by atoms with E-state index in [-0.39, 0.29) is 24.5 Å². The number of nitrogens with zero attached hydrogens (tertiary/aromatic N) is 4. The number of benzene rings is 2. The van der Waals surface area contributed by atoms with E-state index in [1.54, 1.807) is 45.1 Å². The van der Waals surface area contributed by atoms with Crippen LogP contribution in [-0.4, -0.2) is 80.4 Å². The van der Waals surface area contributed by atoms with Crippen molar-refractivity contribution >= 4 is 50.0 Å². The summed E-state index contributed by atoms with van der Waals surface area (Å²) >= 11 is 3.58. The number of aromatic amines is 2. The predicted octanol–water partition coefficient (Wildman–Crippen LogP) is 8.99. The molecule has 3 N–H and O–H groups in total. The van der Waals surface area contributed by atoms with Crippen molar-refractivity contribution in [3.63, 3.8) is 0 Å². The van der Waals surface area contributed by atoms with Crippen molar-refractivity contribution in [1.29, 1.82) is 0 Å². The van der Waals surface area contributed by atoms with Gasteiger partial charge in [-0.2, -0.15) is 0 Å². The van der Waals surface area contributed by atoms with Crippen LogP contribution >= 0.6 is 22.7 Å². The molecule has 6 heterocycles. The Morgan fingerprint density at radius 2 is 1.28 bits per heavy atom. The third-order valence-corrected chi connectivity index (χ3v) is 10.8. The normalized spacial score (nSPS) is 13.2. The number of likely N-dealkylation sites (tertiary alicyclic amines) is 2. The highest BCUT2D eigenvalue weighted by Gasteiger charge is 2.19. The summed E-state index contributed by atoms with van der Waals surface area (Å²) in [5.74, 6) is -0.120. The molecular weight excluding hydrogens is 719 g/mol. The smallest absolute Gasteiger partial charge is 0.410 e. The molecule has 0 aliphatic carbocycles. The number of ether oxygens (including phenoxy) is 1. The maximum Gasteiger partial charge on any atom is 0.410 e. The summed E-state index contributed by atoms with van der Waals surface area (Å²) in [5.41, 5.74) is 8.05. The van der Waals surface area contributed by atoms with Gasteiger partial charge in [0.15, 0.2) is 0 Å². The maximum absolute atomic E-state index is 11.5. The molecule has 2 aliphatic rings. The first-order valence-electron chi connectivity index (χ1n) is 18.4. The van der Waals surface area contributed by atoms with Crippen molar-refractivity contribution in [1.82, 2.24) is 35.1 Å². The summed E-state index contributed by atoms with van der Waals surface area (Å²) < 4.78 is 7.85. The molecule has 8 rings (SSSR count). The SMILES string of the molecule is CC(=O)NCC(=O)N1CCCC1.CCC.O=C(OCc1ccccc1)N1CCCC1.c1ncc(-c2ccc(-c3csc4c(-c5cnc[nH]5)csc34)cc2)[nH]1. The van der Waals surface area contributed by atoms with Gasteiger partial charge in [0.25, 0.3) is 0 Å². The first-order chi connectivity index (χ1) is 26.4. The minimum Gasteiger partial charge on any atom is -0.445 e. The number of rotatable bonds is 7. The molecule has 0 atom stereocenters. The Labute approximate surface area is 324 Å². The van der Waals surface area contributed by atoms with E-state index in [9.17, 15) is 14.4 Å². The molecule has 13 heteroatoms. The van der Waals surface area contributed by atoms with Crippen molar-refractivity contribution in [3.05, 3.63) is 96.0 Å². The number of fused-ring (bicyclic) bond motifs is 1. The largest absolute Gasteiger partial charge is 0.445 e. The van der Waals surface area contributed by atoms with Crippen molar-refractivity contribution in [2.75, 3.05) is 32.7 Å². The van der Waals surface area contributed by atoms with Crippen LogP contribution in [-0.2, 0) is 20.9 Å². The minimum atomic E-state index is -0.184. The number of aromatic nitrogens is 4. The lowest BCUT2D eigenvalue weighted by molar-refractivity contribution is -0.131. The van der Waals surface area contributed by atoms with Crippen LogP contribution in [0.25, 0.3) is 43.0 Å². The van der Waals surface area contributed by atoms with Gasteiger partial charge in [0.2, 0.25) is 11.8 Å². The fraction of sp³-hybridized carbons (Fsp3) is 0.341. The molecule has 11 nitrogen and oxygen atoms in total. The van der Waals surface area contributed by atoms with Crippen LogP contribution in [0.15, 0.2) is 90.4 Å². The van der Waals surface area contributed by atoms with Gasteiger partial charge in [-0.05, 0) is 42.4 Å². The van der Waals surface area contributed by atoms with Crippen molar-refractivity contribution < 1.29 is 19.1 Å². The molecule has 4 aromatic heterocycles. The summed E-state index contributed by atoms with van der Waals surface area (Å²) in [5, 5.41) is 6.94. The van der Waals surface area contributed by atoms with Crippen molar-refractivity contribution in [2.24, 2.45) is 0 Å². The van der Waals surface area contributed by atoms with Crippen LogP contribution in [0.4, 0.5) is 4.79 Å². The van der Waals surface area contributed by atoms with Crippen LogP contribution in [0, 0.1) is 0 Å². The van der Waals surface area contributed by atoms with E-state index in [0.717, 1.165) is 74.4 Å². The molecule has 2 fully saturated rings. The molecule has 0 bridgehead atoms. The predicted molar refractivity (Wildman–Crippen MR) is 218 cm³/mol. The average molecular weight is 768 g/mol. The molecule has 3 amide bonds. The second kappa shape index (κ2) is 20.8. The molecule has 0 unspecified atom stereocenters. The topological polar surface area (TPSA) is 136 Å². The summed E-state index contributed by atoms with van der Waals surface area (Å²) in [7, 11) is 0.